The standard InChI is InChI=1S/C8H5BrF3NO3/c1-15-7(14)6-4(16-8(10,11)12)2-3-5(9)13-6/h2-3H,1H3. The van der Waals surface area contributed by atoms with Crippen molar-refractivity contribution < 1.29 is 27.4 Å². The maximum Gasteiger partial charge on any atom is 0.573 e. The summed E-state index contributed by atoms with van der Waals surface area (Å²) < 4.78 is 44.0. The predicted octanol–water partition coefficient (Wildman–Crippen LogP) is 2.53. The molecule has 0 saturated heterocycles. The van der Waals surface area contributed by atoms with Crippen molar-refractivity contribution in [3.63, 3.8) is 0 Å². The smallest absolute Gasteiger partial charge is 0.464 e. The molecule has 0 spiro atoms. The van der Waals surface area contributed by atoms with E-state index in [1.54, 1.807) is 0 Å². The van der Waals surface area contributed by atoms with Gasteiger partial charge >= 0.3 is 12.3 Å². The first-order chi connectivity index (χ1) is 7.33. The largest absolute Gasteiger partial charge is 0.573 e. The number of alkyl halides is 3. The highest BCUT2D eigenvalue weighted by Crippen LogP contribution is 2.27. The Labute approximate surface area is 96.5 Å². The van der Waals surface area contributed by atoms with E-state index >= 15 is 0 Å². The SMILES string of the molecule is COC(=O)c1nc(Br)ccc1OC(F)(F)F. The summed E-state index contributed by atoms with van der Waals surface area (Å²) in [4.78, 5) is 14.7. The van der Waals surface area contributed by atoms with Crippen LogP contribution in [0.2, 0.25) is 0 Å². The van der Waals surface area contributed by atoms with Crippen LogP contribution in [0, 0.1) is 0 Å². The fourth-order valence-corrected chi connectivity index (χ4v) is 1.18. The van der Waals surface area contributed by atoms with Crippen molar-refractivity contribution in [3.05, 3.63) is 22.4 Å². The number of ether oxygens (including phenoxy) is 2. The van der Waals surface area contributed by atoms with E-state index in [0.717, 1.165) is 13.2 Å². The van der Waals surface area contributed by atoms with Crippen LogP contribution in [0.3, 0.4) is 0 Å². The molecular formula is C8H5BrF3NO3. The van der Waals surface area contributed by atoms with Gasteiger partial charge in [-0.2, -0.15) is 0 Å². The van der Waals surface area contributed by atoms with Crippen LogP contribution in [-0.2, 0) is 4.74 Å². The molecular weight excluding hydrogens is 295 g/mol. The Kier molecular flexibility index (Phi) is 3.74. The summed E-state index contributed by atoms with van der Waals surface area (Å²) in [5.41, 5.74) is -0.547. The minimum absolute atomic E-state index is 0.197. The Balaban J connectivity index is 3.13. The number of methoxy groups -OCH3 is 1. The number of hydrogen-bond acceptors (Lipinski definition) is 4. The lowest BCUT2D eigenvalue weighted by atomic mass is 10.3. The molecule has 0 unspecified atom stereocenters. The Morgan fingerprint density at radius 3 is 2.56 bits per heavy atom. The first kappa shape index (κ1) is 12.8. The molecule has 1 heterocycles. The Morgan fingerprint density at radius 1 is 1.44 bits per heavy atom. The van der Waals surface area contributed by atoms with Crippen molar-refractivity contribution in [1.82, 2.24) is 4.98 Å². The molecule has 0 atom stereocenters. The van der Waals surface area contributed by atoms with Gasteiger partial charge < -0.3 is 9.47 Å². The number of esters is 1. The van der Waals surface area contributed by atoms with E-state index in [-0.39, 0.29) is 4.60 Å². The highest BCUT2D eigenvalue weighted by Gasteiger charge is 2.33. The summed E-state index contributed by atoms with van der Waals surface area (Å²) in [6.07, 6.45) is -4.89. The van der Waals surface area contributed by atoms with Crippen LogP contribution in [0.25, 0.3) is 0 Å². The Hall–Kier alpha value is -1.31. The van der Waals surface area contributed by atoms with Crippen LogP contribution in [0.4, 0.5) is 13.2 Å². The molecule has 0 N–H and O–H groups in total. The van der Waals surface area contributed by atoms with E-state index in [4.69, 9.17) is 0 Å². The second kappa shape index (κ2) is 4.69. The van der Waals surface area contributed by atoms with E-state index in [1.165, 1.54) is 6.07 Å². The third-order valence-corrected chi connectivity index (χ3v) is 1.87. The Morgan fingerprint density at radius 2 is 2.06 bits per heavy atom. The number of nitrogens with zero attached hydrogens (tertiary/aromatic N) is 1. The quantitative estimate of drug-likeness (QED) is 0.622. The molecule has 0 bridgehead atoms. The van der Waals surface area contributed by atoms with Gasteiger partial charge in [0.25, 0.3) is 0 Å². The third kappa shape index (κ3) is 3.37. The van der Waals surface area contributed by atoms with E-state index < -0.39 is 23.8 Å². The van der Waals surface area contributed by atoms with Crippen molar-refractivity contribution in [3.8, 4) is 5.75 Å². The van der Waals surface area contributed by atoms with Crippen LogP contribution in [0.1, 0.15) is 10.5 Å². The molecule has 16 heavy (non-hydrogen) atoms. The van der Waals surface area contributed by atoms with Crippen molar-refractivity contribution in [1.29, 1.82) is 0 Å². The minimum atomic E-state index is -4.89. The molecule has 1 aromatic heterocycles. The fraction of sp³-hybridized carbons (Fsp3) is 0.250. The van der Waals surface area contributed by atoms with Crippen LogP contribution >= 0.6 is 15.9 Å². The molecule has 0 radical (unpaired) electrons. The highest BCUT2D eigenvalue weighted by molar-refractivity contribution is 9.10. The molecule has 0 aromatic carbocycles. The molecule has 1 rings (SSSR count). The van der Waals surface area contributed by atoms with Gasteiger partial charge in [-0.1, -0.05) is 0 Å². The predicted molar refractivity (Wildman–Crippen MR) is 50.0 cm³/mol. The molecule has 4 nitrogen and oxygen atoms in total. The number of aromatic nitrogens is 1. The second-order valence-electron chi connectivity index (χ2n) is 2.52. The molecule has 88 valence electrons. The number of rotatable bonds is 2. The maximum absolute atomic E-state index is 12.0. The van der Waals surface area contributed by atoms with Gasteiger partial charge in [-0.3, -0.25) is 0 Å². The van der Waals surface area contributed by atoms with Crippen LogP contribution < -0.4 is 4.74 Å². The van der Waals surface area contributed by atoms with Crippen molar-refractivity contribution in [2.45, 2.75) is 6.36 Å². The average molecular weight is 300 g/mol. The van der Waals surface area contributed by atoms with Gasteiger partial charge in [0.2, 0.25) is 0 Å². The van der Waals surface area contributed by atoms with Crippen LogP contribution in [-0.4, -0.2) is 24.4 Å². The van der Waals surface area contributed by atoms with Gasteiger partial charge in [-0.25, -0.2) is 9.78 Å². The van der Waals surface area contributed by atoms with Crippen molar-refractivity contribution >= 4 is 21.9 Å². The average Bonchev–Trinajstić information content (AvgIpc) is 2.17. The first-order valence-corrected chi connectivity index (χ1v) is 4.63. The number of pyridine rings is 1. The van der Waals surface area contributed by atoms with E-state index in [1.807, 2.05) is 0 Å². The lowest BCUT2D eigenvalue weighted by Gasteiger charge is -2.11. The topological polar surface area (TPSA) is 48.4 Å². The van der Waals surface area contributed by atoms with Crippen LogP contribution in [0.15, 0.2) is 16.7 Å². The number of carbonyl (C=O) groups excluding carboxylic acids is 1. The lowest BCUT2D eigenvalue weighted by molar-refractivity contribution is -0.274. The first-order valence-electron chi connectivity index (χ1n) is 3.84. The second-order valence-corrected chi connectivity index (χ2v) is 3.33. The normalized spacial score (nSPS) is 11.1. The summed E-state index contributed by atoms with van der Waals surface area (Å²) in [5.74, 6) is -1.72. The zero-order valence-corrected chi connectivity index (χ0v) is 9.42. The van der Waals surface area contributed by atoms with Crippen LogP contribution in [0.5, 0.6) is 5.75 Å². The lowest BCUT2D eigenvalue weighted by Crippen LogP contribution is -2.20. The zero-order valence-electron chi connectivity index (χ0n) is 7.84. The Bertz CT molecular complexity index is 408. The van der Waals surface area contributed by atoms with Gasteiger partial charge in [-0.05, 0) is 28.1 Å². The molecule has 1 aromatic rings. The minimum Gasteiger partial charge on any atom is -0.464 e. The molecule has 0 amide bonds. The van der Waals surface area contributed by atoms with Crippen molar-refractivity contribution in [2.24, 2.45) is 0 Å². The molecule has 0 saturated carbocycles. The van der Waals surface area contributed by atoms with E-state index in [9.17, 15) is 18.0 Å². The third-order valence-electron chi connectivity index (χ3n) is 1.43. The maximum atomic E-state index is 12.0. The molecule has 0 aliphatic carbocycles. The van der Waals surface area contributed by atoms with Gasteiger partial charge in [-0.15, -0.1) is 13.2 Å². The summed E-state index contributed by atoms with van der Waals surface area (Å²) in [6, 6.07) is 2.18. The molecule has 0 aliphatic rings. The monoisotopic (exact) mass is 299 g/mol. The van der Waals surface area contributed by atoms with E-state index in [2.05, 4.69) is 30.4 Å². The molecule has 8 heteroatoms. The summed E-state index contributed by atoms with van der Waals surface area (Å²) in [6.45, 7) is 0. The number of carbonyl (C=O) groups is 1. The number of hydrogen-bond donors (Lipinski definition) is 0. The molecule has 0 fully saturated rings. The summed E-state index contributed by atoms with van der Waals surface area (Å²) in [5, 5.41) is 0. The zero-order chi connectivity index (χ0) is 12.3. The summed E-state index contributed by atoms with van der Waals surface area (Å²) in [7, 11) is 1.03. The van der Waals surface area contributed by atoms with Gasteiger partial charge in [0, 0.05) is 0 Å². The highest BCUT2D eigenvalue weighted by atomic mass is 79.9. The number of halogens is 4. The summed E-state index contributed by atoms with van der Waals surface area (Å²) >= 11 is 2.92. The van der Waals surface area contributed by atoms with Gasteiger partial charge in [0.1, 0.15) is 4.60 Å². The van der Waals surface area contributed by atoms with E-state index in [0.29, 0.717) is 0 Å². The van der Waals surface area contributed by atoms with Crippen molar-refractivity contribution in [2.75, 3.05) is 7.11 Å². The van der Waals surface area contributed by atoms with Gasteiger partial charge in [0.05, 0.1) is 7.11 Å². The molecule has 0 aliphatic heterocycles. The van der Waals surface area contributed by atoms with Gasteiger partial charge in [0.15, 0.2) is 11.4 Å². The fourth-order valence-electron chi connectivity index (χ4n) is 0.873.